The van der Waals surface area contributed by atoms with Crippen molar-refractivity contribution in [2.75, 3.05) is 31.3 Å². The van der Waals surface area contributed by atoms with Crippen LogP contribution >= 0.6 is 11.8 Å². The first-order valence-electron chi connectivity index (χ1n) is 13.3. The second kappa shape index (κ2) is 17.9. The molecule has 0 radical (unpaired) electrons. The number of carbonyl (C=O) groups is 4. The molecule has 9 N–H and O–H groups in total. The topological polar surface area (TPSA) is 209 Å². The van der Waals surface area contributed by atoms with Gasteiger partial charge < -0.3 is 32.4 Å². The minimum absolute atomic E-state index is 0.0960. The molecule has 2 aromatic carbocycles. The molecular weight excluding hydrogens is 550 g/mol. The monoisotopic (exact) mass is 589 g/mol. The maximum Gasteiger partial charge on any atom is 0.431 e. The first-order chi connectivity index (χ1) is 19.7. The number of hydroxylamine groups is 1. The molecular formula is C28H39N5O7S. The van der Waals surface area contributed by atoms with Crippen molar-refractivity contribution in [3.63, 3.8) is 0 Å². The molecule has 1 aliphatic carbocycles. The first-order valence-corrected chi connectivity index (χ1v) is 14.4. The minimum atomic E-state index is -1.14. The van der Waals surface area contributed by atoms with Gasteiger partial charge in [-0.25, -0.2) is 9.59 Å². The van der Waals surface area contributed by atoms with Crippen molar-refractivity contribution in [1.29, 1.82) is 0 Å². The summed E-state index contributed by atoms with van der Waals surface area (Å²) in [7, 11) is 0. The van der Waals surface area contributed by atoms with Crippen LogP contribution in [0.1, 0.15) is 43.2 Å². The molecule has 0 spiro atoms. The molecule has 2 aromatic rings. The van der Waals surface area contributed by atoms with Crippen molar-refractivity contribution >= 4 is 35.6 Å². The molecule has 0 heterocycles. The van der Waals surface area contributed by atoms with E-state index in [1.54, 1.807) is 11.8 Å². The maximum absolute atomic E-state index is 12.0. The Bertz CT molecular complexity index is 1120. The van der Waals surface area contributed by atoms with Gasteiger partial charge in [-0.15, -0.1) is 0 Å². The van der Waals surface area contributed by atoms with Gasteiger partial charge in [0.2, 0.25) is 11.8 Å². The van der Waals surface area contributed by atoms with Gasteiger partial charge in [-0.05, 0) is 53.8 Å². The number of carboxylic acid groups (broad SMARTS) is 1. The summed E-state index contributed by atoms with van der Waals surface area (Å²) in [5.41, 5.74) is 22.0. The van der Waals surface area contributed by atoms with Gasteiger partial charge in [0.1, 0.15) is 12.6 Å². The van der Waals surface area contributed by atoms with Crippen LogP contribution < -0.4 is 28.0 Å². The fourth-order valence-electron chi connectivity index (χ4n) is 4.10. The number of hydrogen-bond donors (Lipinski definition) is 6. The van der Waals surface area contributed by atoms with E-state index < -0.39 is 42.6 Å². The molecule has 0 saturated heterocycles. The summed E-state index contributed by atoms with van der Waals surface area (Å²) in [5.74, 6) is -0.714. The Balaban J connectivity index is 0.000000564. The summed E-state index contributed by atoms with van der Waals surface area (Å²) in [6.07, 6.45) is 0.668. The molecule has 13 heteroatoms. The normalized spacial score (nSPS) is 13.0. The summed E-state index contributed by atoms with van der Waals surface area (Å²) in [4.78, 5) is 50.3. The average molecular weight is 590 g/mol. The number of hydrogen-bond acceptors (Lipinski definition) is 9. The zero-order valence-corrected chi connectivity index (χ0v) is 23.9. The van der Waals surface area contributed by atoms with Gasteiger partial charge in [-0.3, -0.25) is 14.4 Å². The number of fused-ring (bicyclic) bond motifs is 3. The Morgan fingerprint density at radius 3 is 2.17 bits per heavy atom. The molecule has 41 heavy (non-hydrogen) atoms. The lowest BCUT2D eigenvalue weighted by Crippen LogP contribution is -2.43. The van der Waals surface area contributed by atoms with Gasteiger partial charge in [-0.1, -0.05) is 55.5 Å². The van der Waals surface area contributed by atoms with Crippen molar-refractivity contribution in [3.8, 4) is 11.1 Å². The molecule has 0 bridgehead atoms. The molecule has 0 unspecified atom stereocenters. The van der Waals surface area contributed by atoms with E-state index in [0.29, 0.717) is 25.1 Å². The number of carbonyl (C=O) groups excluding carboxylic acids is 3. The van der Waals surface area contributed by atoms with Crippen LogP contribution in [-0.4, -0.2) is 72.3 Å². The number of primary amides is 1. The Morgan fingerprint density at radius 1 is 1.02 bits per heavy atom. The molecule has 3 amide bonds. The van der Waals surface area contributed by atoms with E-state index in [1.807, 2.05) is 55.5 Å². The highest BCUT2D eigenvalue weighted by Crippen LogP contribution is 2.44. The number of nitrogens with one attached hydrogen (secondary N) is 2. The van der Waals surface area contributed by atoms with E-state index >= 15 is 0 Å². The van der Waals surface area contributed by atoms with Gasteiger partial charge >= 0.3 is 12.1 Å². The maximum atomic E-state index is 12.0. The number of thioether (sulfide) groups is 1. The van der Waals surface area contributed by atoms with Crippen LogP contribution in [0.5, 0.6) is 0 Å². The van der Waals surface area contributed by atoms with Crippen LogP contribution in [0, 0.1) is 0 Å². The lowest BCUT2D eigenvalue weighted by Gasteiger charge is -2.15. The average Bonchev–Trinajstić information content (AvgIpc) is 3.28. The molecule has 12 nitrogen and oxygen atoms in total. The van der Waals surface area contributed by atoms with Crippen LogP contribution in [-0.2, 0) is 24.0 Å². The third-order valence-corrected chi connectivity index (χ3v) is 7.15. The van der Waals surface area contributed by atoms with Crippen molar-refractivity contribution in [2.24, 2.45) is 17.2 Å². The summed E-state index contributed by atoms with van der Waals surface area (Å²) < 4.78 is 5.29. The first kappa shape index (κ1) is 33.6. The zero-order valence-electron chi connectivity index (χ0n) is 23.0. The van der Waals surface area contributed by atoms with E-state index in [1.165, 1.54) is 0 Å². The molecule has 0 saturated carbocycles. The number of nitrogens with two attached hydrogens (primary N) is 3. The summed E-state index contributed by atoms with van der Waals surface area (Å²) in [5, 5.41) is 11.5. The standard InChI is InChI=1S/C23H27N3O6.C5H12N2OS/c24-12-6-5-11-20(22(28)29)25-21(27)14-32-26-23(30)31-13-19-17-9-3-1-7-15(17)16-8-2-4-10-18(16)19;1-2-9-3-4(6)5(7)8/h1-4,7-10,19-20H,5-6,11-14,24H2,(H,25,27)(H,26,30)(H,28,29);4H,2-3,6H2,1H3,(H2,7,8)/t20-;4-/m00/s1. The van der Waals surface area contributed by atoms with Crippen LogP contribution in [0.15, 0.2) is 48.5 Å². The van der Waals surface area contributed by atoms with Gasteiger partial charge in [0.25, 0.3) is 0 Å². The SMILES string of the molecule is CCSC[C@H](N)C(N)=O.NCCCC[C@H](NC(=O)CONC(=O)OCC1c2ccccc2-c2ccccc21)C(=O)O. The molecule has 2 atom stereocenters. The van der Waals surface area contributed by atoms with E-state index in [9.17, 15) is 24.3 Å². The van der Waals surface area contributed by atoms with Gasteiger partial charge in [0.05, 0.1) is 6.04 Å². The van der Waals surface area contributed by atoms with Crippen molar-refractivity contribution < 1.29 is 33.9 Å². The van der Waals surface area contributed by atoms with Crippen molar-refractivity contribution in [2.45, 2.75) is 44.2 Å². The Kier molecular flexibility index (Phi) is 14.7. The quantitative estimate of drug-likeness (QED) is 0.131. The second-order valence-electron chi connectivity index (χ2n) is 9.13. The Labute approximate surface area is 243 Å². The predicted molar refractivity (Wildman–Crippen MR) is 157 cm³/mol. The van der Waals surface area contributed by atoms with Crippen molar-refractivity contribution in [1.82, 2.24) is 10.8 Å². The highest BCUT2D eigenvalue weighted by atomic mass is 32.2. The molecule has 1 aliphatic rings. The molecule has 224 valence electrons. The summed E-state index contributed by atoms with van der Waals surface area (Å²) in [6.45, 7) is 2.04. The number of carboxylic acids is 1. The lowest BCUT2D eigenvalue weighted by molar-refractivity contribution is -0.143. The van der Waals surface area contributed by atoms with Crippen molar-refractivity contribution in [3.05, 3.63) is 59.7 Å². The van der Waals surface area contributed by atoms with Crippen LogP contribution in [0.2, 0.25) is 0 Å². The van der Waals surface area contributed by atoms with E-state index in [4.69, 9.17) is 26.8 Å². The molecule has 0 aliphatic heterocycles. The third kappa shape index (κ3) is 11.0. The van der Waals surface area contributed by atoms with E-state index in [2.05, 4.69) is 10.8 Å². The number of ether oxygens (including phenoxy) is 1. The predicted octanol–water partition coefficient (Wildman–Crippen LogP) is 1.71. The largest absolute Gasteiger partial charge is 0.480 e. The van der Waals surface area contributed by atoms with Gasteiger partial charge in [-0.2, -0.15) is 17.2 Å². The second-order valence-corrected chi connectivity index (χ2v) is 10.4. The number of amides is 3. The van der Waals surface area contributed by atoms with E-state index in [0.717, 1.165) is 28.0 Å². The Hall–Kier alpha value is -3.65. The molecule has 0 aromatic heterocycles. The number of rotatable bonds is 15. The van der Waals surface area contributed by atoms with E-state index in [-0.39, 0.29) is 18.9 Å². The number of aliphatic carboxylic acids is 1. The fourth-order valence-corrected chi connectivity index (χ4v) is 4.76. The number of unbranched alkanes of at least 4 members (excludes halogenated alkanes) is 1. The van der Waals surface area contributed by atoms with Gasteiger partial charge in [0, 0.05) is 11.7 Å². The highest BCUT2D eigenvalue weighted by molar-refractivity contribution is 7.99. The van der Waals surface area contributed by atoms with Gasteiger partial charge in [0.15, 0.2) is 6.61 Å². The zero-order chi connectivity index (χ0) is 30.2. The third-order valence-electron chi connectivity index (χ3n) is 6.15. The Morgan fingerprint density at radius 2 is 1.63 bits per heavy atom. The van der Waals surface area contributed by atoms with Crippen LogP contribution in [0.4, 0.5) is 4.79 Å². The summed E-state index contributed by atoms with van der Waals surface area (Å²) >= 11 is 1.62. The minimum Gasteiger partial charge on any atom is -0.480 e. The highest BCUT2D eigenvalue weighted by Gasteiger charge is 2.29. The fraction of sp³-hybridized carbons (Fsp3) is 0.429. The van der Waals surface area contributed by atoms with Crippen LogP contribution in [0.25, 0.3) is 11.1 Å². The molecule has 3 rings (SSSR count). The number of benzene rings is 2. The molecule has 0 fully saturated rings. The lowest BCUT2D eigenvalue weighted by atomic mass is 9.98. The smallest absolute Gasteiger partial charge is 0.431 e. The summed E-state index contributed by atoms with van der Waals surface area (Å²) in [6, 6.07) is 14.4. The van der Waals surface area contributed by atoms with Crippen LogP contribution in [0.3, 0.4) is 0 Å².